The van der Waals surface area contributed by atoms with Gasteiger partial charge in [0, 0.05) is 10.9 Å². The summed E-state index contributed by atoms with van der Waals surface area (Å²) in [6.45, 7) is 9.06. The molecule has 1 saturated heterocycles. The first-order valence-corrected chi connectivity index (χ1v) is 11.0. The average molecular weight is 499 g/mol. The molecule has 1 aliphatic rings. The lowest BCUT2D eigenvalue weighted by Crippen LogP contribution is -2.63. The lowest BCUT2D eigenvalue weighted by atomic mass is 9.85. The van der Waals surface area contributed by atoms with Crippen molar-refractivity contribution in [1.82, 2.24) is 10.6 Å². The smallest absolute Gasteiger partial charge is 0.408 e. The fourth-order valence-electron chi connectivity index (χ4n) is 3.43. The van der Waals surface area contributed by atoms with Crippen LogP contribution in [0.3, 0.4) is 0 Å². The maximum Gasteiger partial charge on any atom is 0.408 e. The summed E-state index contributed by atoms with van der Waals surface area (Å²) < 4.78 is 17.0. The van der Waals surface area contributed by atoms with Crippen molar-refractivity contribution < 1.29 is 28.6 Å². The molecular weight excluding hydrogens is 468 g/mol. The van der Waals surface area contributed by atoms with E-state index in [2.05, 4.69) is 26.6 Å². The van der Waals surface area contributed by atoms with E-state index in [4.69, 9.17) is 14.2 Å². The number of alkyl carbamates (subject to hydrolysis) is 1. The predicted octanol–water partition coefficient (Wildman–Crippen LogP) is 3.49. The van der Waals surface area contributed by atoms with Crippen molar-refractivity contribution >= 4 is 33.9 Å². The van der Waals surface area contributed by atoms with Crippen molar-refractivity contribution in [3.05, 3.63) is 34.3 Å². The van der Waals surface area contributed by atoms with Gasteiger partial charge in [0.25, 0.3) is 0 Å². The monoisotopic (exact) mass is 498 g/mol. The molecule has 3 atom stereocenters. The minimum absolute atomic E-state index is 0.213. The van der Waals surface area contributed by atoms with Gasteiger partial charge in [-0.05, 0) is 44.4 Å². The van der Waals surface area contributed by atoms with E-state index in [1.807, 2.05) is 24.3 Å². The summed E-state index contributed by atoms with van der Waals surface area (Å²) in [6.07, 6.45) is -1.29. The summed E-state index contributed by atoms with van der Waals surface area (Å²) in [5.74, 6) is -1.31. The van der Waals surface area contributed by atoms with E-state index in [1.165, 1.54) is 7.11 Å². The van der Waals surface area contributed by atoms with Crippen LogP contribution in [0.2, 0.25) is 0 Å². The number of benzene rings is 1. The minimum atomic E-state index is -1.46. The summed E-state index contributed by atoms with van der Waals surface area (Å²) in [4.78, 5) is 38.5. The SMILES string of the molecule is COC(=O)[C@H](NC(=O)[C@@]1(NC(=O)OC(C)(C)C)CCO[C@H]1c1ccc(Br)cc1)C(C)C. The third-order valence-electron chi connectivity index (χ3n) is 4.94. The first kappa shape index (κ1) is 25.1. The van der Waals surface area contributed by atoms with Crippen molar-refractivity contribution in [2.75, 3.05) is 13.7 Å². The molecule has 2 amide bonds. The summed E-state index contributed by atoms with van der Waals surface area (Å²) in [6, 6.07) is 6.43. The van der Waals surface area contributed by atoms with Crippen LogP contribution in [0, 0.1) is 5.92 Å². The lowest BCUT2D eigenvalue weighted by Gasteiger charge is -2.36. The highest BCUT2D eigenvalue weighted by Crippen LogP contribution is 2.39. The fourth-order valence-corrected chi connectivity index (χ4v) is 3.69. The molecule has 0 saturated carbocycles. The molecule has 0 radical (unpaired) electrons. The number of nitrogens with one attached hydrogen (secondary N) is 2. The third-order valence-corrected chi connectivity index (χ3v) is 5.47. The van der Waals surface area contributed by atoms with Gasteiger partial charge in [0.1, 0.15) is 17.7 Å². The first-order valence-electron chi connectivity index (χ1n) is 10.2. The van der Waals surface area contributed by atoms with E-state index in [9.17, 15) is 14.4 Å². The second-order valence-electron chi connectivity index (χ2n) is 8.87. The number of carbonyl (C=O) groups is 3. The molecule has 1 aliphatic heterocycles. The highest BCUT2D eigenvalue weighted by Gasteiger charge is 2.53. The Morgan fingerprint density at radius 3 is 2.32 bits per heavy atom. The molecule has 8 nitrogen and oxygen atoms in total. The van der Waals surface area contributed by atoms with Gasteiger partial charge in [-0.25, -0.2) is 9.59 Å². The Morgan fingerprint density at radius 2 is 1.81 bits per heavy atom. The van der Waals surface area contributed by atoms with E-state index in [0.717, 1.165) is 4.47 Å². The highest BCUT2D eigenvalue weighted by molar-refractivity contribution is 9.10. The predicted molar refractivity (Wildman–Crippen MR) is 118 cm³/mol. The number of halogens is 1. The van der Waals surface area contributed by atoms with Crippen molar-refractivity contribution in [3.8, 4) is 0 Å². The van der Waals surface area contributed by atoms with Crippen LogP contribution >= 0.6 is 15.9 Å². The van der Waals surface area contributed by atoms with Gasteiger partial charge in [-0.2, -0.15) is 0 Å². The molecular formula is C22H31BrN2O6. The van der Waals surface area contributed by atoms with Crippen LogP contribution in [0.1, 0.15) is 52.7 Å². The number of hydrogen-bond donors (Lipinski definition) is 2. The topological polar surface area (TPSA) is 103 Å². The van der Waals surface area contributed by atoms with Crippen molar-refractivity contribution in [1.29, 1.82) is 0 Å². The van der Waals surface area contributed by atoms with Gasteiger partial charge < -0.3 is 24.8 Å². The minimum Gasteiger partial charge on any atom is -0.467 e. The molecule has 2 N–H and O–H groups in total. The number of rotatable bonds is 6. The molecule has 1 aromatic rings. The quantitative estimate of drug-likeness (QED) is 0.581. The van der Waals surface area contributed by atoms with Crippen LogP contribution in [0.5, 0.6) is 0 Å². The van der Waals surface area contributed by atoms with Crippen LogP contribution in [0.15, 0.2) is 28.7 Å². The van der Waals surface area contributed by atoms with Crippen molar-refractivity contribution in [2.24, 2.45) is 5.92 Å². The standard InChI is InChI=1S/C22H31BrN2O6/c1-13(2)16(18(26)29-6)24-19(27)22(25-20(28)31-21(3,4)5)11-12-30-17(22)14-7-9-15(23)10-8-14/h7-10,13,16-17H,11-12H2,1-6H3,(H,24,27)(H,25,28)/t16-,17+,22-/m1/s1. The Bertz CT molecular complexity index is 805. The molecule has 0 bridgehead atoms. The molecule has 0 aliphatic carbocycles. The second kappa shape index (κ2) is 9.99. The zero-order valence-corrected chi connectivity index (χ0v) is 20.4. The average Bonchev–Trinajstić information content (AvgIpc) is 3.08. The largest absolute Gasteiger partial charge is 0.467 e. The number of hydrogen-bond acceptors (Lipinski definition) is 6. The van der Waals surface area contributed by atoms with Gasteiger partial charge in [-0.3, -0.25) is 4.79 Å². The van der Waals surface area contributed by atoms with Crippen molar-refractivity contribution in [3.63, 3.8) is 0 Å². The van der Waals surface area contributed by atoms with Gasteiger partial charge in [-0.15, -0.1) is 0 Å². The summed E-state index contributed by atoms with van der Waals surface area (Å²) >= 11 is 3.40. The van der Waals surface area contributed by atoms with Crippen LogP contribution in [-0.4, -0.2) is 48.9 Å². The Morgan fingerprint density at radius 1 is 1.19 bits per heavy atom. The first-order chi connectivity index (χ1) is 14.4. The number of methoxy groups -OCH3 is 1. The lowest BCUT2D eigenvalue weighted by molar-refractivity contribution is -0.147. The zero-order valence-electron chi connectivity index (χ0n) is 18.8. The maximum absolute atomic E-state index is 13.6. The molecule has 1 aromatic carbocycles. The fraction of sp³-hybridized carbons (Fsp3) is 0.591. The summed E-state index contributed by atoms with van der Waals surface area (Å²) in [5, 5.41) is 5.51. The Labute approximate surface area is 191 Å². The number of esters is 1. The normalized spacial score (nSPS) is 22.0. The highest BCUT2D eigenvalue weighted by atomic mass is 79.9. The van der Waals surface area contributed by atoms with E-state index in [1.54, 1.807) is 34.6 Å². The van der Waals surface area contributed by atoms with Crippen molar-refractivity contribution in [2.45, 2.75) is 64.3 Å². The van der Waals surface area contributed by atoms with Crippen LogP contribution < -0.4 is 10.6 Å². The molecule has 0 spiro atoms. The molecule has 0 aromatic heterocycles. The van der Waals surface area contributed by atoms with E-state index in [0.29, 0.717) is 5.56 Å². The van der Waals surface area contributed by atoms with E-state index < -0.39 is 41.3 Å². The number of ether oxygens (including phenoxy) is 3. The maximum atomic E-state index is 13.6. The molecule has 172 valence electrons. The number of amides is 2. The van der Waals surface area contributed by atoms with E-state index >= 15 is 0 Å². The van der Waals surface area contributed by atoms with Crippen LogP contribution in [0.4, 0.5) is 4.79 Å². The molecule has 9 heteroatoms. The van der Waals surface area contributed by atoms with Crippen LogP contribution in [0.25, 0.3) is 0 Å². The summed E-state index contributed by atoms with van der Waals surface area (Å²) in [7, 11) is 1.27. The molecule has 2 rings (SSSR count). The van der Waals surface area contributed by atoms with Gasteiger partial charge in [0.2, 0.25) is 5.91 Å². The molecule has 1 heterocycles. The van der Waals surface area contributed by atoms with Gasteiger partial charge in [0.05, 0.1) is 13.7 Å². The molecule has 0 unspecified atom stereocenters. The second-order valence-corrected chi connectivity index (χ2v) is 9.78. The Balaban J connectivity index is 2.43. The van der Waals surface area contributed by atoms with Gasteiger partial charge >= 0.3 is 12.1 Å². The zero-order chi connectivity index (χ0) is 23.4. The Hall–Kier alpha value is -2.13. The van der Waals surface area contributed by atoms with Gasteiger partial charge in [0.15, 0.2) is 5.54 Å². The van der Waals surface area contributed by atoms with Crippen LogP contribution in [-0.2, 0) is 23.8 Å². The molecule has 1 fully saturated rings. The molecule has 31 heavy (non-hydrogen) atoms. The third kappa shape index (κ3) is 6.20. The van der Waals surface area contributed by atoms with Gasteiger partial charge in [-0.1, -0.05) is 41.9 Å². The van der Waals surface area contributed by atoms with E-state index in [-0.39, 0.29) is 18.9 Å². The summed E-state index contributed by atoms with van der Waals surface area (Å²) in [5.41, 5.74) is -1.50. The Kier molecular flexibility index (Phi) is 8.10. The number of carbonyl (C=O) groups excluding carboxylic acids is 3.